The molecule has 1 amide bonds. The summed E-state index contributed by atoms with van der Waals surface area (Å²) in [6, 6.07) is 7.01. The average molecular weight is 354 g/mol. The number of amides is 1. The van der Waals surface area contributed by atoms with Gasteiger partial charge in [-0.15, -0.1) is 0 Å². The highest BCUT2D eigenvalue weighted by atomic mass is 35.5. The molecule has 0 saturated heterocycles. The highest BCUT2D eigenvalue weighted by molar-refractivity contribution is 6.42. The van der Waals surface area contributed by atoms with Crippen LogP contribution in [-0.2, 0) is 16.8 Å². The maximum absolute atomic E-state index is 12.0. The minimum absolute atomic E-state index is 0.0653. The lowest BCUT2D eigenvalue weighted by atomic mass is 9.84. The van der Waals surface area contributed by atoms with Crippen LogP contribution in [0.15, 0.2) is 41.5 Å². The zero-order chi connectivity index (χ0) is 17.0. The fourth-order valence-corrected chi connectivity index (χ4v) is 2.35. The second-order valence-electron chi connectivity index (χ2n) is 5.82. The number of hydrogen-bond donors (Lipinski definition) is 1. The molecule has 122 valence electrons. The van der Waals surface area contributed by atoms with Crippen LogP contribution < -0.4 is 11.0 Å². The zero-order valence-electron chi connectivity index (χ0n) is 12.8. The standard InChI is InChI=1S/C16H17Cl2N3O2/c1-16(2,11-4-5-12(17)13(18)8-11)10-20-14(22)9-21-7-3-6-19-15(21)23/h3-8H,9-10H2,1-2H3,(H,20,22). The lowest BCUT2D eigenvalue weighted by molar-refractivity contribution is -0.121. The Labute approximate surface area is 144 Å². The Balaban J connectivity index is 2.01. The SMILES string of the molecule is CC(C)(CNC(=O)Cn1cccnc1=O)c1ccc(Cl)c(Cl)c1. The van der Waals surface area contributed by atoms with E-state index in [0.29, 0.717) is 16.6 Å². The number of nitrogens with one attached hydrogen (secondary N) is 1. The molecule has 0 aliphatic rings. The minimum atomic E-state index is -0.452. The molecule has 2 aromatic rings. The van der Waals surface area contributed by atoms with Gasteiger partial charge in [0.05, 0.1) is 10.0 Å². The van der Waals surface area contributed by atoms with Crippen LogP contribution in [0.5, 0.6) is 0 Å². The van der Waals surface area contributed by atoms with Gasteiger partial charge in [0.1, 0.15) is 6.54 Å². The quantitative estimate of drug-likeness (QED) is 0.898. The molecule has 0 aliphatic carbocycles. The number of hydrogen-bond acceptors (Lipinski definition) is 3. The lowest BCUT2D eigenvalue weighted by Crippen LogP contribution is -2.39. The van der Waals surface area contributed by atoms with Crippen molar-refractivity contribution in [3.8, 4) is 0 Å². The van der Waals surface area contributed by atoms with Crippen molar-refractivity contribution in [3.63, 3.8) is 0 Å². The number of carbonyl (C=O) groups is 1. The molecule has 0 atom stereocenters. The monoisotopic (exact) mass is 353 g/mol. The van der Waals surface area contributed by atoms with Crippen LogP contribution in [0, 0.1) is 0 Å². The topological polar surface area (TPSA) is 64.0 Å². The van der Waals surface area contributed by atoms with Crippen LogP contribution in [0.4, 0.5) is 0 Å². The van der Waals surface area contributed by atoms with Crippen molar-refractivity contribution in [2.45, 2.75) is 25.8 Å². The first kappa shape index (κ1) is 17.5. The van der Waals surface area contributed by atoms with Crippen molar-refractivity contribution in [2.75, 3.05) is 6.54 Å². The third-order valence-electron chi connectivity index (χ3n) is 3.53. The Morgan fingerprint density at radius 1 is 1.30 bits per heavy atom. The van der Waals surface area contributed by atoms with Gasteiger partial charge in [0.2, 0.25) is 5.91 Å². The van der Waals surface area contributed by atoms with Crippen LogP contribution in [0.25, 0.3) is 0 Å². The first-order valence-corrected chi connectivity index (χ1v) is 7.79. The molecule has 5 nitrogen and oxygen atoms in total. The maximum Gasteiger partial charge on any atom is 0.347 e. The van der Waals surface area contributed by atoms with Gasteiger partial charge in [-0.3, -0.25) is 9.36 Å². The molecule has 1 aromatic carbocycles. The molecule has 1 heterocycles. The van der Waals surface area contributed by atoms with Gasteiger partial charge in [0, 0.05) is 24.4 Å². The van der Waals surface area contributed by atoms with Crippen LogP contribution in [-0.4, -0.2) is 22.0 Å². The second-order valence-corrected chi connectivity index (χ2v) is 6.63. The van der Waals surface area contributed by atoms with Crippen molar-refractivity contribution in [3.05, 3.63) is 62.8 Å². The second kappa shape index (κ2) is 7.15. The summed E-state index contributed by atoms with van der Waals surface area (Å²) in [5, 5.41) is 3.80. The molecule has 1 aromatic heterocycles. The summed E-state index contributed by atoms with van der Waals surface area (Å²) in [5.74, 6) is -0.256. The van der Waals surface area contributed by atoms with E-state index in [4.69, 9.17) is 23.2 Å². The molecule has 0 unspecified atom stereocenters. The molecule has 0 aliphatic heterocycles. The van der Waals surface area contributed by atoms with Crippen molar-refractivity contribution >= 4 is 29.1 Å². The van der Waals surface area contributed by atoms with Gasteiger partial charge in [-0.2, -0.15) is 0 Å². The normalized spacial score (nSPS) is 11.3. The van der Waals surface area contributed by atoms with E-state index in [2.05, 4.69) is 10.3 Å². The van der Waals surface area contributed by atoms with E-state index in [1.165, 1.54) is 17.0 Å². The molecule has 0 spiro atoms. The van der Waals surface area contributed by atoms with Crippen molar-refractivity contribution in [1.82, 2.24) is 14.9 Å². The lowest BCUT2D eigenvalue weighted by Gasteiger charge is -2.26. The summed E-state index contributed by atoms with van der Waals surface area (Å²) in [4.78, 5) is 27.1. The Bertz CT molecular complexity index is 772. The van der Waals surface area contributed by atoms with Crippen molar-refractivity contribution in [2.24, 2.45) is 0 Å². The summed E-state index contributed by atoms with van der Waals surface area (Å²) in [6.45, 7) is 4.31. The molecule has 7 heteroatoms. The van der Waals surface area contributed by atoms with E-state index < -0.39 is 5.69 Å². The summed E-state index contributed by atoms with van der Waals surface area (Å²) >= 11 is 12.0. The van der Waals surface area contributed by atoms with Crippen LogP contribution >= 0.6 is 23.2 Å². The highest BCUT2D eigenvalue weighted by Gasteiger charge is 2.22. The number of aromatic nitrogens is 2. The first-order valence-electron chi connectivity index (χ1n) is 7.03. The zero-order valence-corrected chi connectivity index (χ0v) is 14.4. The fourth-order valence-electron chi connectivity index (χ4n) is 2.06. The van der Waals surface area contributed by atoms with Gasteiger partial charge in [0.15, 0.2) is 0 Å². The van der Waals surface area contributed by atoms with E-state index in [9.17, 15) is 9.59 Å². The van der Waals surface area contributed by atoms with Crippen LogP contribution in [0.3, 0.4) is 0 Å². The van der Waals surface area contributed by atoms with E-state index in [1.54, 1.807) is 18.2 Å². The van der Waals surface area contributed by atoms with Gasteiger partial charge < -0.3 is 5.32 Å². The molecular formula is C16H17Cl2N3O2. The highest BCUT2D eigenvalue weighted by Crippen LogP contribution is 2.29. The van der Waals surface area contributed by atoms with Crippen molar-refractivity contribution < 1.29 is 4.79 Å². The van der Waals surface area contributed by atoms with Gasteiger partial charge in [-0.05, 0) is 23.8 Å². The molecule has 23 heavy (non-hydrogen) atoms. The Hall–Kier alpha value is -1.85. The van der Waals surface area contributed by atoms with E-state index in [1.807, 2.05) is 19.9 Å². The Kier molecular flexibility index (Phi) is 5.44. The first-order chi connectivity index (χ1) is 10.8. The van der Waals surface area contributed by atoms with E-state index in [0.717, 1.165) is 5.56 Å². The number of nitrogens with zero attached hydrogens (tertiary/aromatic N) is 2. The van der Waals surface area contributed by atoms with Gasteiger partial charge in [-0.1, -0.05) is 43.1 Å². The maximum atomic E-state index is 12.0. The number of benzene rings is 1. The number of halogens is 2. The number of rotatable bonds is 5. The molecule has 1 N–H and O–H groups in total. The van der Waals surface area contributed by atoms with Crippen LogP contribution in [0.1, 0.15) is 19.4 Å². The minimum Gasteiger partial charge on any atom is -0.354 e. The molecule has 0 saturated carbocycles. The van der Waals surface area contributed by atoms with Gasteiger partial charge in [-0.25, -0.2) is 9.78 Å². The van der Waals surface area contributed by atoms with E-state index >= 15 is 0 Å². The third kappa shape index (κ3) is 4.56. The molecule has 2 rings (SSSR count). The van der Waals surface area contributed by atoms with Gasteiger partial charge >= 0.3 is 5.69 Å². The van der Waals surface area contributed by atoms with E-state index in [-0.39, 0.29) is 17.9 Å². The average Bonchev–Trinajstić information content (AvgIpc) is 2.50. The summed E-state index contributed by atoms with van der Waals surface area (Å²) in [5.41, 5.74) is 0.182. The molecule has 0 fully saturated rings. The Morgan fingerprint density at radius 3 is 2.70 bits per heavy atom. The summed E-state index contributed by atoms with van der Waals surface area (Å²) in [7, 11) is 0. The van der Waals surface area contributed by atoms with Gasteiger partial charge in [0.25, 0.3) is 0 Å². The predicted octanol–water partition coefficient (Wildman–Crippen LogP) is 2.64. The number of carbonyl (C=O) groups excluding carboxylic acids is 1. The predicted molar refractivity (Wildman–Crippen MR) is 91.0 cm³/mol. The largest absolute Gasteiger partial charge is 0.354 e. The third-order valence-corrected chi connectivity index (χ3v) is 4.26. The molecular weight excluding hydrogens is 337 g/mol. The van der Waals surface area contributed by atoms with Crippen LogP contribution in [0.2, 0.25) is 10.0 Å². The summed E-state index contributed by atoms with van der Waals surface area (Å²) in [6.07, 6.45) is 2.92. The smallest absolute Gasteiger partial charge is 0.347 e. The summed E-state index contributed by atoms with van der Waals surface area (Å²) < 4.78 is 1.25. The molecule has 0 bridgehead atoms. The van der Waals surface area contributed by atoms with Crippen molar-refractivity contribution in [1.29, 1.82) is 0 Å². The Morgan fingerprint density at radius 2 is 2.04 bits per heavy atom. The fraction of sp³-hybridized carbons (Fsp3) is 0.312. The molecule has 0 radical (unpaired) electrons.